The minimum Gasteiger partial charge on any atom is -0.465 e. The van der Waals surface area contributed by atoms with E-state index in [2.05, 4.69) is 6.92 Å². The molecule has 0 aromatic rings. The van der Waals surface area contributed by atoms with E-state index in [0.717, 1.165) is 12.8 Å². The summed E-state index contributed by atoms with van der Waals surface area (Å²) in [6.45, 7) is 7.84. The molecule has 0 radical (unpaired) electrons. The van der Waals surface area contributed by atoms with E-state index < -0.39 is 0 Å². The Labute approximate surface area is 149 Å². The Hall–Kier alpha value is -1.67. The fraction of sp³-hybridized carbons (Fsp3) is 0.824. The van der Waals surface area contributed by atoms with Gasteiger partial charge < -0.3 is 18.9 Å². The molecule has 25 heavy (non-hydrogen) atoms. The van der Waals surface area contributed by atoms with Gasteiger partial charge in [-0.2, -0.15) is 0 Å². The largest absolute Gasteiger partial charge is 0.465 e. The fourth-order valence-corrected chi connectivity index (χ4v) is 1.86. The van der Waals surface area contributed by atoms with Crippen LogP contribution < -0.4 is 0 Å². The van der Waals surface area contributed by atoms with Crippen molar-refractivity contribution in [2.24, 2.45) is 0 Å². The van der Waals surface area contributed by atoms with Gasteiger partial charge in [0.1, 0.15) is 19.8 Å². The standard InChI is InChI=1S/C17H31NO7/c1-4-5-10-22-13-14-25-17(21)6-7-18(8-11-23-15(2)19)9-12-24-16(3)20/h4-14H2,1-3H3. The van der Waals surface area contributed by atoms with Crippen molar-refractivity contribution in [2.45, 2.75) is 40.0 Å². The lowest BCUT2D eigenvalue weighted by Crippen LogP contribution is -2.34. The molecule has 0 rings (SSSR count). The van der Waals surface area contributed by atoms with E-state index in [1.54, 1.807) is 0 Å². The molecular weight excluding hydrogens is 330 g/mol. The van der Waals surface area contributed by atoms with Crippen LogP contribution in [0.25, 0.3) is 0 Å². The van der Waals surface area contributed by atoms with Gasteiger partial charge in [0.2, 0.25) is 0 Å². The topological polar surface area (TPSA) is 91.4 Å². The van der Waals surface area contributed by atoms with E-state index >= 15 is 0 Å². The summed E-state index contributed by atoms with van der Waals surface area (Å²) in [6, 6.07) is 0. The molecule has 0 saturated heterocycles. The summed E-state index contributed by atoms with van der Waals surface area (Å²) in [5.74, 6) is -1.03. The molecule has 0 aromatic carbocycles. The summed E-state index contributed by atoms with van der Waals surface area (Å²) < 4.78 is 20.2. The number of unbranched alkanes of at least 4 members (excludes halogenated alkanes) is 1. The van der Waals surface area contributed by atoms with Gasteiger partial charge in [-0.15, -0.1) is 0 Å². The lowest BCUT2D eigenvalue weighted by molar-refractivity contribution is -0.147. The van der Waals surface area contributed by atoms with Crippen molar-refractivity contribution in [1.29, 1.82) is 0 Å². The number of rotatable bonds is 15. The maximum atomic E-state index is 11.7. The molecule has 0 heterocycles. The van der Waals surface area contributed by atoms with Gasteiger partial charge in [-0.3, -0.25) is 19.3 Å². The van der Waals surface area contributed by atoms with Crippen molar-refractivity contribution >= 4 is 17.9 Å². The van der Waals surface area contributed by atoms with Gasteiger partial charge in [0, 0.05) is 40.1 Å². The lowest BCUT2D eigenvalue weighted by Gasteiger charge is -2.21. The quantitative estimate of drug-likeness (QED) is 0.244. The molecule has 146 valence electrons. The highest BCUT2D eigenvalue weighted by molar-refractivity contribution is 5.69. The Morgan fingerprint density at radius 3 is 1.88 bits per heavy atom. The van der Waals surface area contributed by atoms with E-state index in [1.807, 2.05) is 4.90 Å². The average Bonchev–Trinajstić information content (AvgIpc) is 2.54. The van der Waals surface area contributed by atoms with Crippen LogP contribution in [0.3, 0.4) is 0 Å². The predicted molar refractivity (Wildman–Crippen MR) is 91.0 cm³/mol. The molecule has 0 bridgehead atoms. The Morgan fingerprint density at radius 1 is 0.760 bits per heavy atom. The Kier molecular flexibility index (Phi) is 14.8. The van der Waals surface area contributed by atoms with Crippen LogP contribution in [-0.4, -0.2) is 75.5 Å². The van der Waals surface area contributed by atoms with Gasteiger partial charge in [0.05, 0.1) is 13.0 Å². The van der Waals surface area contributed by atoms with Crippen LogP contribution in [0.15, 0.2) is 0 Å². The second-order valence-corrected chi connectivity index (χ2v) is 5.46. The third kappa shape index (κ3) is 17.0. The zero-order valence-electron chi connectivity index (χ0n) is 15.6. The van der Waals surface area contributed by atoms with E-state index in [4.69, 9.17) is 18.9 Å². The molecule has 0 fully saturated rings. The van der Waals surface area contributed by atoms with Gasteiger partial charge in [-0.1, -0.05) is 13.3 Å². The minimum absolute atomic E-state index is 0.203. The third-order valence-electron chi connectivity index (χ3n) is 3.19. The van der Waals surface area contributed by atoms with Crippen LogP contribution in [-0.2, 0) is 33.3 Å². The summed E-state index contributed by atoms with van der Waals surface area (Å²) in [5, 5.41) is 0. The maximum Gasteiger partial charge on any atom is 0.307 e. The summed E-state index contributed by atoms with van der Waals surface area (Å²) in [7, 11) is 0. The average molecular weight is 361 g/mol. The molecule has 0 aliphatic rings. The van der Waals surface area contributed by atoms with Crippen LogP contribution in [0.1, 0.15) is 40.0 Å². The highest BCUT2D eigenvalue weighted by Crippen LogP contribution is 1.97. The van der Waals surface area contributed by atoms with E-state index in [9.17, 15) is 14.4 Å². The van der Waals surface area contributed by atoms with E-state index in [0.29, 0.717) is 32.8 Å². The highest BCUT2D eigenvalue weighted by Gasteiger charge is 2.11. The monoisotopic (exact) mass is 361 g/mol. The number of carbonyl (C=O) groups is 3. The first-order valence-corrected chi connectivity index (χ1v) is 8.68. The summed E-state index contributed by atoms with van der Waals surface area (Å²) in [4.78, 5) is 35.2. The van der Waals surface area contributed by atoms with Crippen LogP contribution in [0, 0.1) is 0 Å². The molecule has 0 N–H and O–H groups in total. The van der Waals surface area contributed by atoms with Crippen molar-refractivity contribution in [3.8, 4) is 0 Å². The number of hydrogen-bond donors (Lipinski definition) is 0. The zero-order valence-corrected chi connectivity index (χ0v) is 15.6. The molecule has 0 atom stereocenters. The van der Waals surface area contributed by atoms with Gasteiger partial charge in [0.25, 0.3) is 0 Å². The molecule has 0 aromatic heterocycles. The first-order chi connectivity index (χ1) is 12.0. The SMILES string of the molecule is CCCCOCCOC(=O)CCN(CCOC(C)=O)CCOC(C)=O. The van der Waals surface area contributed by atoms with Gasteiger partial charge in [-0.05, 0) is 6.42 Å². The van der Waals surface area contributed by atoms with Crippen molar-refractivity contribution in [3.05, 3.63) is 0 Å². The number of carbonyl (C=O) groups excluding carboxylic acids is 3. The van der Waals surface area contributed by atoms with Crippen LogP contribution >= 0.6 is 0 Å². The molecule has 0 amide bonds. The highest BCUT2D eigenvalue weighted by atomic mass is 16.6. The van der Waals surface area contributed by atoms with E-state index in [-0.39, 0.29) is 44.1 Å². The van der Waals surface area contributed by atoms with Gasteiger partial charge in [-0.25, -0.2) is 0 Å². The summed E-state index contributed by atoms with van der Waals surface area (Å²) in [6.07, 6.45) is 2.26. The number of hydrogen-bond acceptors (Lipinski definition) is 8. The van der Waals surface area contributed by atoms with Gasteiger partial charge in [0.15, 0.2) is 0 Å². The first-order valence-electron chi connectivity index (χ1n) is 8.68. The molecule has 0 saturated carbocycles. The molecular formula is C17H31NO7. The number of ether oxygens (including phenoxy) is 4. The Balaban J connectivity index is 3.97. The van der Waals surface area contributed by atoms with Crippen molar-refractivity contribution in [3.63, 3.8) is 0 Å². The molecule has 8 nitrogen and oxygen atoms in total. The van der Waals surface area contributed by atoms with Crippen LogP contribution in [0.4, 0.5) is 0 Å². The molecule has 8 heteroatoms. The number of nitrogens with zero attached hydrogens (tertiary/aromatic N) is 1. The van der Waals surface area contributed by atoms with Gasteiger partial charge >= 0.3 is 17.9 Å². The van der Waals surface area contributed by atoms with Crippen molar-refractivity contribution < 1.29 is 33.3 Å². The molecule has 0 spiro atoms. The second-order valence-electron chi connectivity index (χ2n) is 5.46. The summed E-state index contributed by atoms with van der Waals surface area (Å²) in [5.41, 5.74) is 0. The smallest absolute Gasteiger partial charge is 0.307 e. The van der Waals surface area contributed by atoms with Crippen molar-refractivity contribution in [1.82, 2.24) is 4.90 Å². The molecule has 0 aliphatic carbocycles. The predicted octanol–water partition coefficient (Wildman–Crippen LogP) is 1.16. The Morgan fingerprint density at radius 2 is 1.36 bits per heavy atom. The normalized spacial score (nSPS) is 10.6. The Bertz CT molecular complexity index is 367. The molecule has 0 unspecified atom stereocenters. The molecule has 0 aliphatic heterocycles. The maximum absolute atomic E-state index is 11.7. The van der Waals surface area contributed by atoms with E-state index in [1.165, 1.54) is 13.8 Å². The lowest BCUT2D eigenvalue weighted by atomic mass is 10.3. The summed E-state index contributed by atoms with van der Waals surface area (Å²) >= 11 is 0. The first kappa shape index (κ1) is 23.3. The minimum atomic E-state index is -0.359. The van der Waals surface area contributed by atoms with Crippen LogP contribution in [0.2, 0.25) is 0 Å². The van der Waals surface area contributed by atoms with Crippen molar-refractivity contribution in [2.75, 3.05) is 52.7 Å². The second kappa shape index (κ2) is 15.8. The zero-order chi connectivity index (χ0) is 18.9. The third-order valence-corrected chi connectivity index (χ3v) is 3.19. The number of esters is 3. The van der Waals surface area contributed by atoms with Crippen LogP contribution in [0.5, 0.6) is 0 Å². The fourth-order valence-electron chi connectivity index (χ4n) is 1.86.